The van der Waals surface area contributed by atoms with Crippen LogP contribution in [-0.4, -0.2) is 53.2 Å². The quantitative estimate of drug-likeness (QED) is 0.325. The molecule has 0 saturated heterocycles. The van der Waals surface area contributed by atoms with Crippen LogP contribution in [0.15, 0.2) is 24.3 Å². The van der Waals surface area contributed by atoms with Crippen molar-refractivity contribution in [3.63, 3.8) is 0 Å². The summed E-state index contributed by atoms with van der Waals surface area (Å²) < 4.78 is 14.9. The third-order valence-corrected chi connectivity index (χ3v) is 4.06. The minimum Gasteiger partial charge on any atom is -0.497 e. The van der Waals surface area contributed by atoms with Crippen LogP contribution in [-0.2, 0) is 20.7 Å². The molecule has 0 unspecified atom stereocenters. The molecule has 0 fully saturated rings. The Morgan fingerprint density at radius 3 is 2.17 bits per heavy atom. The zero-order valence-electron chi connectivity index (χ0n) is 16.4. The Labute approximate surface area is 167 Å². The van der Waals surface area contributed by atoms with Gasteiger partial charge in [0.2, 0.25) is 5.78 Å². The number of rotatable bonds is 9. The van der Waals surface area contributed by atoms with Crippen molar-refractivity contribution < 1.29 is 38.8 Å². The van der Waals surface area contributed by atoms with Crippen LogP contribution in [0.3, 0.4) is 0 Å². The van der Waals surface area contributed by atoms with Gasteiger partial charge in [-0.15, -0.1) is 0 Å². The number of ketones is 1. The molecule has 0 aliphatic rings. The zero-order valence-corrected chi connectivity index (χ0v) is 16.4. The van der Waals surface area contributed by atoms with Crippen LogP contribution in [0, 0.1) is 0 Å². The van der Waals surface area contributed by atoms with Crippen molar-refractivity contribution in [2.24, 2.45) is 0 Å². The summed E-state index contributed by atoms with van der Waals surface area (Å²) in [4.78, 5) is 40.0. The molecule has 1 aromatic heterocycles. The summed E-state index contributed by atoms with van der Waals surface area (Å²) in [6, 6.07) is 6.11. The first-order valence-corrected chi connectivity index (χ1v) is 8.96. The van der Waals surface area contributed by atoms with E-state index in [2.05, 4.69) is 4.98 Å². The van der Waals surface area contributed by atoms with E-state index in [0.717, 1.165) is 0 Å². The van der Waals surface area contributed by atoms with Crippen LogP contribution < -0.4 is 4.74 Å². The Morgan fingerprint density at radius 2 is 1.66 bits per heavy atom. The smallest absolute Gasteiger partial charge is 0.340 e. The molecule has 3 N–H and O–H groups in total. The largest absolute Gasteiger partial charge is 0.497 e. The molecule has 156 valence electrons. The molecule has 0 aliphatic heterocycles. The number of aliphatic hydroxyl groups is 2. The Hall–Kier alpha value is -3.17. The molecule has 1 aromatic carbocycles. The fourth-order valence-corrected chi connectivity index (χ4v) is 2.82. The van der Waals surface area contributed by atoms with Crippen LogP contribution >= 0.6 is 0 Å². The number of aliphatic hydroxyl groups excluding tert-OH is 1. The van der Waals surface area contributed by atoms with Gasteiger partial charge in [-0.3, -0.25) is 9.59 Å². The highest BCUT2D eigenvalue weighted by Gasteiger charge is 2.32. The maximum Gasteiger partial charge on any atom is 0.340 e. The molecule has 2 aromatic rings. The Morgan fingerprint density at radius 1 is 1.03 bits per heavy atom. The molecule has 1 heterocycles. The lowest BCUT2D eigenvalue weighted by molar-refractivity contribution is -0.142. The van der Waals surface area contributed by atoms with Gasteiger partial charge in [-0.1, -0.05) is 0 Å². The van der Waals surface area contributed by atoms with E-state index in [1.807, 2.05) is 0 Å². The predicted octanol–water partition coefficient (Wildman–Crippen LogP) is 1.52. The molecule has 9 heteroatoms. The molecule has 0 amide bonds. The molecule has 29 heavy (non-hydrogen) atoms. The van der Waals surface area contributed by atoms with E-state index in [1.54, 1.807) is 26.0 Å². The van der Waals surface area contributed by atoms with Crippen molar-refractivity contribution in [2.45, 2.75) is 26.6 Å². The molecule has 0 bridgehead atoms. The minimum atomic E-state index is -2.15. The second kappa shape index (κ2) is 9.85. The number of benzene rings is 1. The van der Waals surface area contributed by atoms with E-state index >= 15 is 0 Å². The van der Waals surface area contributed by atoms with Crippen LogP contribution in [0.2, 0.25) is 0 Å². The topological polar surface area (TPSA) is 135 Å². The first-order valence-electron chi connectivity index (χ1n) is 8.96. The van der Waals surface area contributed by atoms with Gasteiger partial charge in [0, 0.05) is 11.3 Å². The Balaban J connectivity index is 2.58. The summed E-state index contributed by atoms with van der Waals surface area (Å²) in [6.07, 6.45) is -2.53. The number of carbonyl (C=O) groups is 3. The van der Waals surface area contributed by atoms with Gasteiger partial charge < -0.3 is 29.4 Å². The lowest BCUT2D eigenvalue weighted by Crippen LogP contribution is -2.15. The fraction of sp³-hybridized carbons (Fsp3) is 0.350. The van der Waals surface area contributed by atoms with Crippen LogP contribution in [0.5, 0.6) is 5.75 Å². The number of carbonyl (C=O) groups excluding carboxylic acids is 3. The molecule has 2 rings (SSSR count). The van der Waals surface area contributed by atoms with Gasteiger partial charge in [-0.2, -0.15) is 0 Å². The number of methoxy groups -OCH3 is 1. The number of esters is 2. The number of nitrogens with one attached hydrogen (secondary N) is 1. The Bertz CT molecular complexity index is 883. The summed E-state index contributed by atoms with van der Waals surface area (Å²) >= 11 is 0. The van der Waals surface area contributed by atoms with E-state index in [-0.39, 0.29) is 47.7 Å². The van der Waals surface area contributed by atoms with E-state index in [9.17, 15) is 24.6 Å². The van der Waals surface area contributed by atoms with E-state index in [1.165, 1.54) is 19.2 Å². The maximum absolute atomic E-state index is 13.0. The average Bonchev–Trinajstić information content (AvgIpc) is 3.07. The van der Waals surface area contributed by atoms with E-state index in [0.29, 0.717) is 5.75 Å². The highest BCUT2D eigenvalue weighted by molar-refractivity contribution is 6.11. The molecule has 0 radical (unpaired) electrons. The van der Waals surface area contributed by atoms with E-state index < -0.39 is 24.0 Å². The first-order chi connectivity index (χ1) is 13.8. The number of H-pyrrole nitrogens is 1. The van der Waals surface area contributed by atoms with Crippen LogP contribution in [0.25, 0.3) is 0 Å². The highest BCUT2D eigenvalue weighted by atomic mass is 16.5. The predicted molar refractivity (Wildman–Crippen MR) is 101 cm³/mol. The van der Waals surface area contributed by atoms with Gasteiger partial charge in [0.15, 0.2) is 6.29 Å². The molecule has 0 atom stereocenters. The molecule has 0 spiro atoms. The molecule has 9 nitrogen and oxygen atoms in total. The molecular formula is C20H23NO8. The summed E-state index contributed by atoms with van der Waals surface area (Å²) in [5, 5.41) is 19.7. The summed E-state index contributed by atoms with van der Waals surface area (Å²) in [6.45, 7) is 3.35. The maximum atomic E-state index is 13.0. The third kappa shape index (κ3) is 5.01. The van der Waals surface area contributed by atoms with Crippen LogP contribution in [0.4, 0.5) is 0 Å². The van der Waals surface area contributed by atoms with Gasteiger partial charge in [0.05, 0.1) is 43.6 Å². The summed E-state index contributed by atoms with van der Waals surface area (Å²) in [5.41, 5.74) is -0.642. The van der Waals surface area contributed by atoms with E-state index in [4.69, 9.17) is 14.2 Å². The summed E-state index contributed by atoms with van der Waals surface area (Å²) in [5.74, 6) is -1.61. The molecular weight excluding hydrogens is 382 g/mol. The molecule has 0 aliphatic carbocycles. The van der Waals surface area contributed by atoms with Crippen molar-refractivity contribution in [1.29, 1.82) is 0 Å². The molecule has 0 saturated carbocycles. The van der Waals surface area contributed by atoms with Gasteiger partial charge in [0.1, 0.15) is 5.75 Å². The third-order valence-electron chi connectivity index (χ3n) is 4.06. The lowest BCUT2D eigenvalue weighted by Gasteiger charge is -2.09. The first kappa shape index (κ1) is 22.1. The van der Waals surface area contributed by atoms with Crippen molar-refractivity contribution in [2.75, 3.05) is 20.3 Å². The SMILES string of the molecule is CCOC(=O)Cc1[nH]c(C(=O)c2ccc(OC)cc2)c(C(O)O)c1C(=O)OCC. The van der Waals surface area contributed by atoms with Crippen molar-refractivity contribution >= 4 is 17.7 Å². The minimum absolute atomic E-state index is 0.00172. The van der Waals surface area contributed by atoms with Crippen LogP contribution in [0.1, 0.15) is 57.8 Å². The van der Waals surface area contributed by atoms with Gasteiger partial charge >= 0.3 is 11.9 Å². The van der Waals surface area contributed by atoms with Gasteiger partial charge in [-0.05, 0) is 38.1 Å². The zero-order chi connectivity index (χ0) is 21.6. The van der Waals surface area contributed by atoms with Gasteiger partial charge in [0.25, 0.3) is 0 Å². The second-order valence-electron chi connectivity index (χ2n) is 5.90. The number of hydrogen-bond acceptors (Lipinski definition) is 8. The number of aromatic amines is 1. The average molecular weight is 405 g/mol. The van der Waals surface area contributed by atoms with Crippen molar-refractivity contribution in [3.8, 4) is 5.75 Å². The number of aromatic nitrogens is 1. The second-order valence-corrected chi connectivity index (χ2v) is 5.90. The highest BCUT2D eigenvalue weighted by Crippen LogP contribution is 2.28. The normalized spacial score (nSPS) is 10.7. The van der Waals surface area contributed by atoms with Crippen molar-refractivity contribution in [3.05, 3.63) is 52.3 Å². The lowest BCUT2D eigenvalue weighted by atomic mass is 10.0. The monoisotopic (exact) mass is 405 g/mol. The standard InChI is InChI=1S/C20H23NO8/c1-4-28-14(22)10-13-15(20(26)29-5-2)16(19(24)25)17(21-13)18(23)11-6-8-12(27-3)9-7-11/h6-9,19,21,24-25H,4-5,10H2,1-3H3. The van der Waals surface area contributed by atoms with Gasteiger partial charge in [-0.25, -0.2) is 4.79 Å². The number of hydrogen-bond donors (Lipinski definition) is 3. The van der Waals surface area contributed by atoms with Crippen molar-refractivity contribution in [1.82, 2.24) is 4.98 Å². The number of ether oxygens (including phenoxy) is 3. The Kier molecular flexibility index (Phi) is 7.52. The fourth-order valence-electron chi connectivity index (χ4n) is 2.82. The summed E-state index contributed by atoms with van der Waals surface area (Å²) in [7, 11) is 1.48.